The Balaban J connectivity index is 1.93. The van der Waals surface area contributed by atoms with Crippen molar-refractivity contribution >= 4 is 44.8 Å². The molecule has 0 spiro atoms. The maximum Gasteiger partial charge on any atom is 0.261 e. The molecule has 0 fully saturated rings. The Morgan fingerprint density at radius 2 is 2.00 bits per heavy atom. The van der Waals surface area contributed by atoms with Crippen LogP contribution in [0.2, 0.25) is 5.02 Å². The SMILES string of the molecule is O=c1c2c(nc3ccc(Br)cn13)C(=Cc1ccccc1Cl)CC2. The Morgan fingerprint density at radius 3 is 2.83 bits per heavy atom. The first-order chi connectivity index (χ1) is 11.1. The lowest BCUT2D eigenvalue weighted by Gasteiger charge is -2.06. The third kappa shape index (κ3) is 2.52. The van der Waals surface area contributed by atoms with Gasteiger partial charge in [0.05, 0.1) is 5.69 Å². The van der Waals surface area contributed by atoms with Crippen LogP contribution in [0.4, 0.5) is 0 Å². The Bertz CT molecular complexity index is 1020. The lowest BCUT2D eigenvalue weighted by atomic mass is 10.1. The van der Waals surface area contributed by atoms with Crippen LogP contribution in [0.5, 0.6) is 0 Å². The zero-order valence-corrected chi connectivity index (χ0v) is 14.4. The first-order valence-electron chi connectivity index (χ1n) is 7.30. The van der Waals surface area contributed by atoms with Gasteiger partial charge in [0.15, 0.2) is 0 Å². The Labute approximate surface area is 146 Å². The molecule has 1 aromatic carbocycles. The van der Waals surface area contributed by atoms with Crippen molar-refractivity contribution in [2.45, 2.75) is 12.8 Å². The van der Waals surface area contributed by atoms with Crippen LogP contribution in [-0.4, -0.2) is 9.38 Å². The van der Waals surface area contributed by atoms with Gasteiger partial charge >= 0.3 is 0 Å². The Hall–Kier alpha value is -1.91. The number of benzene rings is 1. The van der Waals surface area contributed by atoms with E-state index in [0.29, 0.717) is 17.1 Å². The van der Waals surface area contributed by atoms with E-state index in [4.69, 9.17) is 16.6 Å². The highest BCUT2D eigenvalue weighted by atomic mass is 79.9. The molecule has 23 heavy (non-hydrogen) atoms. The van der Waals surface area contributed by atoms with Crippen LogP contribution in [0.25, 0.3) is 17.3 Å². The average molecular weight is 388 g/mol. The van der Waals surface area contributed by atoms with Crippen LogP contribution in [0, 0.1) is 0 Å². The fraction of sp³-hybridized carbons (Fsp3) is 0.111. The predicted molar refractivity (Wildman–Crippen MR) is 96.8 cm³/mol. The van der Waals surface area contributed by atoms with Gasteiger partial charge in [-0.3, -0.25) is 9.20 Å². The summed E-state index contributed by atoms with van der Waals surface area (Å²) in [6.07, 6.45) is 5.32. The van der Waals surface area contributed by atoms with Gasteiger partial charge in [-0.05, 0) is 64.2 Å². The number of hydrogen-bond donors (Lipinski definition) is 0. The van der Waals surface area contributed by atoms with Crippen LogP contribution in [-0.2, 0) is 6.42 Å². The number of aromatic nitrogens is 2. The Kier molecular flexibility index (Phi) is 3.58. The van der Waals surface area contributed by atoms with Gasteiger partial charge in [-0.2, -0.15) is 0 Å². The van der Waals surface area contributed by atoms with Gasteiger partial charge in [0.2, 0.25) is 0 Å². The number of halogens is 2. The van der Waals surface area contributed by atoms with Crippen molar-refractivity contribution in [3.05, 3.63) is 79.3 Å². The van der Waals surface area contributed by atoms with E-state index < -0.39 is 0 Å². The second-order valence-corrected chi connectivity index (χ2v) is 6.83. The molecule has 5 heteroatoms. The molecule has 114 valence electrons. The lowest BCUT2D eigenvalue weighted by molar-refractivity contribution is 0.968. The van der Waals surface area contributed by atoms with Gasteiger partial charge in [-0.25, -0.2) is 4.98 Å². The van der Waals surface area contributed by atoms with Crippen molar-refractivity contribution in [3.63, 3.8) is 0 Å². The van der Waals surface area contributed by atoms with E-state index in [9.17, 15) is 4.79 Å². The molecule has 0 aliphatic heterocycles. The number of allylic oxidation sites excluding steroid dienone is 1. The summed E-state index contributed by atoms with van der Waals surface area (Å²) in [6, 6.07) is 11.4. The smallest absolute Gasteiger partial charge is 0.261 e. The second kappa shape index (κ2) is 5.62. The van der Waals surface area contributed by atoms with Crippen LogP contribution in [0.1, 0.15) is 23.2 Å². The van der Waals surface area contributed by atoms with Crippen molar-refractivity contribution in [2.24, 2.45) is 0 Å². The van der Waals surface area contributed by atoms with Crippen molar-refractivity contribution in [2.75, 3.05) is 0 Å². The summed E-state index contributed by atoms with van der Waals surface area (Å²) >= 11 is 9.64. The van der Waals surface area contributed by atoms with E-state index in [1.165, 1.54) is 0 Å². The fourth-order valence-electron chi connectivity index (χ4n) is 2.94. The molecule has 1 aliphatic rings. The number of nitrogens with zero attached hydrogens (tertiary/aromatic N) is 2. The van der Waals surface area contributed by atoms with Crippen molar-refractivity contribution in [3.8, 4) is 0 Å². The predicted octanol–water partition coefficient (Wildman–Crippen LogP) is 4.60. The molecule has 3 aromatic rings. The van der Waals surface area contributed by atoms with Crippen LogP contribution in [0.3, 0.4) is 0 Å². The second-order valence-electron chi connectivity index (χ2n) is 5.51. The summed E-state index contributed by atoms with van der Waals surface area (Å²) in [6.45, 7) is 0. The van der Waals surface area contributed by atoms with Gasteiger partial charge < -0.3 is 0 Å². The molecular weight excluding hydrogens is 376 g/mol. The molecule has 1 aliphatic carbocycles. The van der Waals surface area contributed by atoms with Gasteiger partial charge in [-0.1, -0.05) is 29.8 Å². The molecule has 0 bridgehead atoms. The van der Waals surface area contributed by atoms with E-state index in [2.05, 4.69) is 15.9 Å². The molecule has 0 radical (unpaired) electrons. The number of pyridine rings is 1. The summed E-state index contributed by atoms with van der Waals surface area (Å²) in [5.74, 6) is 0. The highest BCUT2D eigenvalue weighted by Crippen LogP contribution is 2.32. The molecular formula is C18H12BrClN2O. The van der Waals surface area contributed by atoms with E-state index in [0.717, 1.165) is 33.3 Å². The monoisotopic (exact) mass is 386 g/mol. The third-order valence-corrected chi connectivity index (χ3v) is 4.88. The van der Waals surface area contributed by atoms with Gasteiger partial charge in [0.1, 0.15) is 5.65 Å². The average Bonchev–Trinajstić information content (AvgIpc) is 2.94. The molecule has 4 rings (SSSR count). The summed E-state index contributed by atoms with van der Waals surface area (Å²) in [5.41, 5.74) is 4.26. The van der Waals surface area contributed by atoms with Crippen LogP contribution >= 0.6 is 27.5 Å². The van der Waals surface area contributed by atoms with Crippen molar-refractivity contribution in [1.29, 1.82) is 0 Å². The minimum Gasteiger partial charge on any atom is -0.269 e. The number of hydrogen-bond acceptors (Lipinski definition) is 2. The topological polar surface area (TPSA) is 34.4 Å². The fourth-order valence-corrected chi connectivity index (χ4v) is 3.47. The quantitative estimate of drug-likeness (QED) is 0.612. The lowest BCUT2D eigenvalue weighted by Crippen LogP contribution is -2.19. The summed E-state index contributed by atoms with van der Waals surface area (Å²) in [7, 11) is 0. The van der Waals surface area contributed by atoms with Crippen LogP contribution in [0.15, 0.2) is 51.9 Å². The first kappa shape index (κ1) is 14.7. The van der Waals surface area contributed by atoms with E-state index in [1.807, 2.05) is 42.5 Å². The third-order valence-electron chi connectivity index (χ3n) is 4.06. The molecule has 0 saturated heterocycles. The molecule has 0 saturated carbocycles. The van der Waals surface area contributed by atoms with E-state index in [1.54, 1.807) is 10.6 Å². The summed E-state index contributed by atoms with van der Waals surface area (Å²) in [5, 5.41) is 0.704. The summed E-state index contributed by atoms with van der Waals surface area (Å²) in [4.78, 5) is 17.4. The maximum atomic E-state index is 12.7. The zero-order valence-electron chi connectivity index (χ0n) is 12.1. The molecule has 2 aromatic heterocycles. The molecule has 3 nitrogen and oxygen atoms in total. The minimum absolute atomic E-state index is 0.00820. The normalized spacial score (nSPS) is 15.3. The van der Waals surface area contributed by atoms with Crippen molar-refractivity contribution in [1.82, 2.24) is 9.38 Å². The Morgan fingerprint density at radius 1 is 1.17 bits per heavy atom. The number of rotatable bonds is 1. The van der Waals surface area contributed by atoms with E-state index in [-0.39, 0.29) is 5.56 Å². The molecule has 0 N–H and O–H groups in total. The highest BCUT2D eigenvalue weighted by Gasteiger charge is 2.22. The van der Waals surface area contributed by atoms with Crippen molar-refractivity contribution < 1.29 is 0 Å². The van der Waals surface area contributed by atoms with Crippen LogP contribution < -0.4 is 5.56 Å². The molecule has 0 amide bonds. The summed E-state index contributed by atoms with van der Waals surface area (Å²) < 4.78 is 2.46. The van der Waals surface area contributed by atoms with Gasteiger partial charge in [0, 0.05) is 21.3 Å². The minimum atomic E-state index is 0.00820. The van der Waals surface area contributed by atoms with Gasteiger partial charge in [-0.15, -0.1) is 0 Å². The largest absolute Gasteiger partial charge is 0.269 e. The number of fused-ring (bicyclic) bond motifs is 2. The van der Waals surface area contributed by atoms with E-state index >= 15 is 0 Å². The maximum absolute atomic E-state index is 12.7. The molecule has 0 atom stereocenters. The zero-order chi connectivity index (χ0) is 16.0. The highest BCUT2D eigenvalue weighted by molar-refractivity contribution is 9.10. The van der Waals surface area contributed by atoms with Gasteiger partial charge in [0.25, 0.3) is 5.56 Å². The standard InChI is InChI=1S/C18H12BrClN2O/c19-13-6-8-16-21-17-12(9-11-3-1-2-4-15(11)20)5-7-14(17)18(23)22(16)10-13/h1-4,6,8-10H,5,7H2. The molecule has 0 unspecified atom stereocenters. The first-order valence-corrected chi connectivity index (χ1v) is 8.47. The molecule has 2 heterocycles.